The minimum Gasteiger partial charge on any atom is -0.296 e. The topological polar surface area (TPSA) is 3.24 Å². The van der Waals surface area contributed by atoms with E-state index in [0.29, 0.717) is 6.04 Å². The lowest BCUT2D eigenvalue weighted by Gasteiger charge is -2.43. The van der Waals surface area contributed by atoms with Crippen LogP contribution in [-0.2, 0) is 0 Å². The monoisotopic (exact) mass is 247 g/mol. The number of likely N-dealkylation sites (tertiary alicyclic amines) is 1. The van der Waals surface area contributed by atoms with Gasteiger partial charge >= 0.3 is 0 Å². The molecule has 0 amide bonds. The number of nitrogens with zero attached hydrogens (tertiary/aromatic N) is 1. The van der Waals surface area contributed by atoms with Crippen molar-refractivity contribution in [3.63, 3.8) is 0 Å². The van der Waals surface area contributed by atoms with Gasteiger partial charge in [0.1, 0.15) is 5.82 Å². The summed E-state index contributed by atoms with van der Waals surface area (Å²) in [6.07, 6.45) is 8.08. The van der Waals surface area contributed by atoms with Gasteiger partial charge in [-0.2, -0.15) is 0 Å². The maximum atomic E-state index is 13.1. The Morgan fingerprint density at radius 2 is 1.61 bits per heavy atom. The van der Waals surface area contributed by atoms with Crippen molar-refractivity contribution in [2.45, 2.75) is 44.6 Å². The van der Waals surface area contributed by atoms with Gasteiger partial charge in [0.15, 0.2) is 0 Å². The molecule has 2 aliphatic rings. The van der Waals surface area contributed by atoms with Gasteiger partial charge in [0.05, 0.1) is 0 Å². The average molecular weight is 247 g/mol. The number of rotatable bonds is 3. The molecule has 3 rings (SSSR count). The first-order valence-corrected chi connectivity index (χ1v) is 7.34. The van der Waals surface area contributed by atoms with Crippen LogP contribution >= 0.6 is 0 Å². The zero-order valence-corrected chi connectivity index (χ0v) is 10.9. The smallest absolute Gasteiger partial charge is 0.123 e. The molecule has 2 fully saturated rings. The summed E-state index contributed by atoms with van der Waals surface area (Å²) in [6.45, 7) is 2.44. The van der Waals surface area contributed by atoms with Crippen LogP contribution in [0.15, 0.2) is 24.3 Å². The summed E-state index contributed by atoms with van der Waals surface area (Å²) in [7, 11) is 0. The standard InChI is InChI=1S/C16H22FN/c17-15-9-7-14(8-10-15)16(13-5-4-6-13)18-11-2-1-3-12-18/h7-10,13,16H,1-6,11-12H2. The largest absolute Gasteiger partial charge is 0.296 e. The second kappa shape index (κ2) is 5.40. The molecule has 0 bridgehead atoms. The lowest BCUT2D eigenvalue weighted by atomic mass is 9.76. The van der Waals surface area contributed by atoms with Crippen LogP contribution in [0.1, 0.15) is 50.1 Å². The van der Waals surface area contributed by atoms with Crippen molar-refractivity contribution >= 4 is 0 Å². The third-order valence-electron chi connectivity index (χ3n) is 4.59. The van der Waals surface area contributed by atoms with E-state index in [1.54, 1.807) is 12.1 Å². The van der Waals surface area contributed by atoms with Gasteiger partial charge in [-0.1, -0.05) is 25.0 Å². The highest BCUT2D eigenvalue weighted by Gasteiger charge is 2.33. The molecule has 1 aliphatic carbocycles. The van der Waals surface area contributed by atoms with Gasteiger partial charge in [0.2, 0.25) is 0 Å². The third-order valence-corrected chi connectivity index (χ3v) is 4.59. The van der Waals surface area contributed by atoms with Gasteiger partial charge in [-0.3, -0.25) is 4.90 Å². The van der Waals surface area contributed by atoms with E-state index >= 15 is 0 Å². The van der Waals surface area contributed by atoms with E-state index in [1.807, 2.05) is 12.1 Å². The van der Waals surface area contributed by atoms with E-state index in [2.05, 4.69) is 4.90 Å². The maximum absolute atomic E-state index is 13.1. The molecule has 1 aromatic rings. The molecule has 0 aromatic heterocycles. The van der Waals surface area contributed by atoms with Crippen LogP contribution in [0, 0.1) is 11.7 Å². The number of hydrogen-bond donors (Lipinski definition) is 0. The molecule has 1 nitrogen and oxygen atoms in total. The molecule has 0 N–H and O–H groups in total. The minimum absolute atomic E-state index is 0.121. The fourth-order valence-corrected chi connectivity index (χ4v) is 3.39. The molecule has 1 aliphatic heterocycles. The highest BCUT2D eigenvalue weighted by molar-refractivity contribution is 5.21. The Morgan fingerprint density at radius 3 is 2.17 bits per heavy atom. The zero-order valence-electron chi connectivity index (χ0n) is 10.9. The quantitative estimate of drug-likeness (QED) is 0.775. The van der Waals surface area contributed by atoms with Crippen molar-refractivity contribution in [2.75, 3.05) is 13.1 Å². The Labute approximate surface area is 109 Å². The molecule has 98 valence electrons. The van der Waals surface area contributed by atoms with Gasteiger partial charge < -0.3 is 0 Å². The molecule has 1 unspecified atom stereocenters. The molecule has 18 heavy (non-hydrogen) atoms. The van der Waals surface area contributed by atoms with E-state index in [4.69, 9.17) is 0 Å². The predicted molar refractivity (Wildman–Crippen MR) is 71.9 cm³/mol. The molecular weight excluding hydrogens is 225 g/mol. The SMILES string of the molecule is Fc1ccc(C(C2CCC2)N2CCCCC2)cc1. The van der Waals surface area contributed by atoms with Crippen LogP contribution in [0.25, 0.3) is 0 Å². The molecular formula is C16H22FN. The number of piperidine rings is 1. The van der Waals surface area contributed by atoms with Crippen LogP contribution in [0.4, 0.5) is 4.39 Å². The summed E-state index contributed by atoms with van der Waals surface area (Å²) in [5, 5.41) is 0. The van der Waals surface area contributed by atoms with Gasteiger partial charge in [0, 0.05) is 6.04 Å². The van der Waals surface area contributed by atoms with Gasteiger partial charge in [-0.05, 0) is 62.4 Å². The van der Waals surface area contributed by atoms with E-state index < -0.39 is 0 Å². The molecule has 1 atom stereocenters. The number of hydrogen-bond acceptors (Lipinski definition) is 1. The van der Waals surface area contributed by atoms with E-state index in [1.165, 1.54) is 57.2 Å². The highest BCUT2D eigenvalue weighted by Crippen LogP contribution is 2.42. The fraction of sp³-hybridized carbons (Fsp3) is 0.625. The molecule has 1 saturated heterocycles. The fourth-order valence-electron chi connectivity index (χ4n) is 3.39. The first-order valence-electron chi connectivity index (χ1n) is 7.34. The Balaban J connectivity index is 1.81. The first-order chi connectivity index (χ1) is 8.84. The first kappa shape index (κ1) is 12.2. The van der Waals surface area contributed by atoms with Crippen LogP contribution in [0.3, 0.4) is 0 Å². The molecule has 1 heterocycles. The Hall–Kier alpha value is -0.890. The van der Waals surface area contributed by atoms with Crippen molar-refractivity contribution in [3.05, 3.63) is 35.6 Å². The summed E-state index contributed by atoms with van der Waals surface area (Å²) in [5.74, 6) is 0.679. The average Bonchev–Trinajstić information content (AvgIpc) is 2.36. The Bertz CT molecular complexity index is 377. The van der Waals surface area contributed by atoms with Crippen molar-refractivity contribution in [2.24, 2.45) is 5.92 Å². The van der Waals surface area contributed by atoms with Crippen molar-refractivity contribution in [1.82, 2.24) is 4.90 Å². The summed E-state index contributed by atoms with van der Waals surface area (Å²) in [6, 6.07) is 7.76. The molecule has 0 spiro atoms. The predicted octanol–water partition coefficient (Wildman–Crippen LogP) is 4.15. The number of benzene rings is 1. The highest BCUT2D eigenvalue weighted by atomic mass is 19.1. The Kier molecular flexibility index (Phi) is 3.64. The van der Waals surface area contributed by atoms with Crippen molar-refractivity contribution in [3.8, 4) is 0 Å². The summed E-state index contributed by atoms with van der Waals surface area (Å²) >= 11 is 0. The van der Waals surface area contributed by atoms with E-state index in [0.717, 1.165) is 5.92 Å². The van der Waals surface area contributed by atoms with Crippen LogP contribution in [-0.4, -0.2) is 18.0 Å². The molecule has 2 heteroatoms. The summed E-state index contributed by atoms with van der Waals surface area (Å²) in [5.41, 5.74) is 1.32. The Morgan fingerprint density at radius 1 is 0.944 bits per heavy atom. The van der Waals surface area contributed by atoms with Crippen LogP contribution in [0.2, 0.25) is 0 Å². The summed E-state index contributed by atoms with van der Waals surface area (Å²) in [4.78, 5) is 2.64. The lowest BCUT2D eigenvalue weighted by Crippen LogP contribution is -2.39. The van der Waals surface area contributed by atoms with E-state index in [-0.39, 0.29) is 5.82 Å². The minimum atomic E-state index is -0.121. The second-order valence-electron chi connectivity index (χ2n) is 5.78. The number of halogens is 1. The zero-order chi connectivity index (χ0) is 12.4. The maximum Gasteiger partial charge on any atom is 0.123 e. The third kappa shape index (κ3) is 2.44. The van der Waals surface area contributed by atoms with Gasteiger partial charge in [-0.15, -0.1) is 0 Å². The van der Waals surface area contributed by atoms with Gasteiger partial charge in [0.25, 0.3) is 0 Å². The second-order valence-corrected chi connectivity index (χ2v) is 5.78. The van der Waals surface area contributed by atoms with Crippen molar-refractivity contribution in [1.29, 1.82) is 0 Å². The summed E-state index contributed by atoms with van der Waals surface area (Å²) < 4.78 is 13.1. The molecule has 1 aromatic carbocycles. The van der Waals surface area contributed by atoms with Crippen LogP contribution < -0.4 is 0 Å². The molecule has 0 radical (unpaired) electrons. The lowest BCUT2D eigenvalue weighted by molar-refractivity contribution is 0.0778. The van der Waals surface area contributed by atoms with Crippen LogP contribution in [0.5, 0.6) is 0 Å². The van der Waals surface area contributed by atoms with Crippen molar-refractivity contribution < 1.29 is 4.39 Å². The van der Waals surface area contributed by atoms with Gasteiger partial charge in [-0.25, -0.2) is 4.39 Å². The van der Waals surface area contributed by atoms with E-state index in [9.17, 15) is 4.39 Å². The normalized spacial score (nSPS) is 23.6. The molecule has 1 saturated carbocycles.